The maximum atomic E-state index is 13.6. The molecule has 3 aromatic rings. The Bertz CT molecular complexity index is 1610. The number of non-ortho nitro benzene ring substituents is 1. The van der Waals surface area contributed by atoms with Gasteiger partial charge in [-0.05, 0) is 30.5 Å². The number of carbonyl (C=O) groups excluding carboxylic acids is 2. The molecule has 0 spiro atoms. The van der Waals surface area contributed by atoms with E-state index in [1.807, 2.05) is 36.4 Å². The van der Waals surface area contributed by atoms with Crippen molar-refractivity contribution >= 4 is 17.6 Å². The molecule has 0 aliphatic carbocycles. The van der Waals surface area contributed by atoms with Gasteiger partial charge in [0.2, 0.25) is 0 Å². The number of benzene rings is 3. The first-order valence-electron chi connectivity index (χ1n) is 16.1. The van der Waals surface area contributed by atoms with Crippen LogP contribution in [0.25, 0.3) is 0 Å². The van der Waals surface area contributed by atoms with Crippen molar-refractivity contribution in [2.24, 2.45) is 0 Å². The third kappa shape index (κ3) is 8.35. The Hall–Kier alpha value is -4.84. The molecule has 0 aromatic heterocycles. The summed E-state index contributed by atoms with van der Waals surface area (Å²) in [7, 11) is 1.26. The van der Waals surface area contributed by atoms with Gasteiger partial charge >= 0.3 is 11.9 Å². The molecular weight excluding hydrogens is 612 g/mol. The molecule has 1 saturated heterocycles. The van der Waals surface area contributed by atoms with E-state index in [-0.39, 0.29) is 29.5 Å². The summed E-state index contributed by atoms with van der Waals surface area (Å²) in [5, 5.41) is 14.6. The normalized spacial score (nSPS) is 17.3. The largest absolute Gasteiger partial charge is 0.466 e. The van der Waals surface area contributed by atoms with Crippen LogP contribution in [0, 0.1) is 10.1 Å². The van der Waals surface area contributed by atoms with E-state index in [9.17, 15) is 19.7 Å². The molecule has 2 aliphatic heterocycles. The molecule has 5 rings (SSSR count). The van der Waals surface area contributed by atoms with Gasteiger partial charge in [-0.3, -0.25) is 19.9 Å². The number of methoxy groups -OCH3 is 1. The molecule has 2 aliphatic rings. The lowest BCUT2D eigenvalue weighted by atomic mass is 9.80. The van der Waals surface area contributed by atoms with Gasteiger partial charge in [-0.2, -0.15) is 0 Å². The minimum atomic E-state index is -0.889. The second-order valence-electron chi connectivity index (χ2n) is 11.9. The summed E-state index contributed by atoms with van der Waals surface area (Å²) in [5.41, 5.74) is 3.98. The quantitative estimate of drug-likeness (QED) is 0.154. The molecule has 1 unspecified atom stereocenters. The van der Waals surface area contributed by atoms with E-state index in [0.717, 1.165) is 43.9 Å². The van der Waals surface area contributed by atoms with Crippen LogP contribution in [0.15, 0.2) is 107 Å². The zero-order valence-electron chi connectivity index (χ0n) is 27.6. The molecule has 1 atom stereocenters. The maximum Gasteiger partial charge on any atom is 0.336 e. The van der Waals surface area contributed by atoms with Gasteiger partial charge in [0.1, 0.15) is 12.7 Å². The smallest absolute Gasteiger partial charge is 0.336 e. The van der Waals surface area contributed by atoms with E-state index in [1.165, 1.54) is 25.3 Å². The summed E-state index contributed by atoms with van der Waals surface area (Å²) in [5.74, 6) is -2.11. The lowest BCUT2D eigenvalue weighted by Crippen LogP contribution is -2.48. The minimum Gasteiger partial charge on any atom is -0.466 e. The number of hydrogen-bond donors (Lipinski definition) is 1. The number of ether oxygens (including phenoxy) is 3. The third-order valence-electron chi connectivity index (χ3n) is 8.80. The van der Waals surface area contributed by atoms with Gasteiger partial charge in [-0.15, -0.1) is 0 Å². The van der Waals surface area contributed by atoms with Crippen LogP contribution in [-0.2, 0) is 23.8 Å². The fourth-order valence-corrected chi connectivity index (χ4v) is 6.32. The summed E-state index contributed by atoms with van der Waals surface area (Å²) < 4.78 is 17.2. The van der Waals surface area contributed by atoms with Crippen LogP contribution in [0.4, 0.5) is 5.69 Å². The number of hydrogen-bond acceptors (Lipinski definition) is 10. The standard InChI is InChI=1S/C37H42N4O7/c1-26-32(36(42)46-3)34(30-15-10-16-31(25-30)41(44)45)33(27(2)38-26)37(43)48-24-22-40-19-17-39(18-20-40)21-23-47-35(28-11-6-4-7-12-28)29-13-8-5-9-14-29/h4-16,25,34-35,38H,17-24H2,1-3H3. The van der Waals surface area contributed by atoms with Gasteiger partial charge in [-0.1, -0.05) is 72.8 Å². The number of esters is 2. The number of nitro groups is 1. The fraction of sp³-hybridized carbons (Fsp3) is 0.351. The number of carbonyl (C=O) groups is 2. The number of nitrogens with zero attached hydrogens (tertiary/aromatic N) is 3. The lowest BCUT2D eigenvalue weighted by Gasteiger charge is -2.35. The Morgan fingerprint density at radius 2 is 1.35 bits per heavy atom. The fourth-order valence-electron chi connectivity index (χ4n) is 6.32. The van der Waals surface area contributed by atoms with Crippen molar-refractivity contribution in [1.82, 2.24) is 15.1 Å². The predicted octanol–water partition coefficient (Wildman–Crippen LogP) is 4.97. The van der Waals surface area contributed by atoms with Crippen molar-refractivity contribution < 1.29 is 28.7 Å². The summed E-state index contributed by atoms with van der Waals surface area (Å²) in [4.78, 5) is 42.1. The zero-order valence-corrected chi connectivity index (χ0v) is 27.6. The molecule has 48 heavy (non-hydrogen) atoms. The van der Waals surface area contributed by atoms with E-state index in [1.54, 1.807) is 19.9 Å². The van der Waals surface area contributed by atoms with Crippen molar-refractivity contribution in [2.75, 3.05) is 59.6 Å². The molecule has 0 bridgehead atoms. The average Bonchev–Trinajstić information content (AvgIpc) is 3.11. The molecule has 0 amide bonds. The molecule has 1 N–H and O–H groups in total. The molecular formula is C37H42N4O7. The molecule has 3 aromatic carbocycles. The first-order chi connectivity index (χ1) is 23.3. The van der Waals surface area contributed by atoms with Crippen LogP contribution >= 0.6 is 0 Å². The van der Waals surface area contributed by atoms with Crippen LogP contribution in [0.2, 0.25) is 0 Å². The Kier molecular flexibility index (Phi) is 11.7. The Balaban J connectivity index is 1.14. The lowest BCUT2D eigenvalue weighted by molar-refractivity contribution is -0.384. The average molecular weight is 655 g/mol. The van der Waals surface area contributed by atoms with Gasteiger partial charge in [0.05, 0.1) is 35.7 Å². The first-order valence-corrected chi connectivity index (χ1v) is 16.1. The number of nitro benzene ring substituents is 1. The first kappa shape index (κ1) is 34.5. The van der Waals surface area contributed by atoms with Crippen molar-refractivity contribution in [1.29, 1.82) is 0 Å². The summed E-state index contributed by atoms with van der Waals surface area (Å²) in [6.45, 7) is 8.95. The SMILES string of the molecule is COC(=O)C1=C(C)NC(C)=C(C(=O)OCCN2CCN(CCOC(c3ccccc3)c3ccccc3)CC2)C1c1cccc([N+](=O)[O-])c1. The van der Waals surface area contributed by atoms with Crippen molar-refractivity contribution in [3.05, 3.63) is 134 Å². The van der Waals surface area contributed by atoms with E-state index in [2.05, 4.69) is 39.4 Å². The van der Waals surface area contributed by atoms with Crippen molar-refractivity contribution in [2.45, 2.75) is 25.9 Å². The Labute approximate surface area is 280 Å². The highest BCUT2D eigenvalue weighted by Crippen LogP contribution is 2.40. The van der Waals surface area contributed by atoms with E-state index < -0.39 is 22.8 Å². The molecule has 0 radical (unpaired) electrons. The molecule has 0 saturated carbocycles. The van der Waals surface area contributed by atoms with Crippen molar-refractivity contribution in [3.63, 3.8) is 0 Å². The van der Waals surface area contributed by atoms with E-state index in [0.29, 0.717) is 30.1 Å². The highest BCUT2D eigenvalue weighted by atomic mass is 16.6. The third-order valence-corrected chi connectivity index (χ3v) is 8.80. The summed E-state index contributed by atoms with van der Waals surface area (Å²) in [6.07, 6.45) is -0.124. The second-order valence-corrected chi connectivity index (χ2v) is 11.9. The molecule has 252 valence electrons. The Morgan fingerprint density at radius 1 is 0.812 bits per heavy atom. The van der Waals surface area contributed by atoms with Gasteiger partial charge in [0.25, 0.3) is 5.69 Å². The Morgan fingerprint density at radius 3 is 1.90 bits per heavy atom. The zero-order chi connectivity index (χ0) is 34.0. The van der Waals surface area contributed by atoms with Crippen LogP contribution in [-0.4, -0.2) is 86.3 Å². The number of dihydropyridines is 1. The molecule has 2 heterocycles. The topological polar surface area (TPSA) is 123 Å². The van der Waals surface area contributed by atoms with Crippen molar-refractivity contribution in [3.8, 4) is 0 Å². The van der Waals surface area contributed by atoms with Gasteiger partial charge in [0.15, 0.2) is 0 Å². The van der Waals surface area contributed by atoms with Gasteiger partial charge < -0.3 is 19.5 Å². The molecule has 1 fully saturated rings. The van der Waals surface area contributed by atoms with Crippen LogP contribution in [0.5, 0.6) is 0 Å². The van der Waals surface area contributed by atoms with Crippen LogP contribution in [0.1, 0.15) is 42.6 Å². The highest BCUT2D eigenvalue weighted by Gasteiger charge is 2.38. The molecule has 11 nitrogen and oxygen atoms in total. The van der Waals surface area contributed by atoms with E-state index >= 15 is 0 Å². The van der Waals surface area contributed by atoms with Crippen LogP contribution in [0.3, 0.4) is 0 Å². The minimum absolute atomic E-state index is 0.124. The van der Waals surface area contributed by atoms with E-state index in [4.69, 9.17) is 14.2 Å². The van der Waals surface area contributed by atoms with Gasteiger partial charge in [0, 0.05) is 62.8 Å². The maximum absolute atomic E-state index is 13.6. The monoisotopic (exact) mass is 654 g/mol. The number of piperazine rings is 1. The number of nitrogens with one attached hydrogen (secondary N) is 1. The summed E-state index contributed by atoms with van der Waals surface area (Å²) in [6, 6.07) is 26.4. The number of rotatable bonds is 13. The number of allylic oxidation sites excluding steroid dienone is 2. The van der Waals surface area contributed by atoms with Crippen LogP contribution < -0.4 is 5.32 Å². The second kappa shape index (κ2) is 16.3. The summed E-state index contributed by atoms with van der Waals surface area (Å²) >= 11 is 0. The molecule has 11 heteroatoms. The predicted molar refractivity (Wildman–Crippen MR) is 181 cm³/mol. The van der Waals surface area contributed by atoms with Gasteiger partial charge in [-0.25, -0.2) is 9.59 Å². The highest BCUT2D eigenvalue weighted by molar-refractivity contribution is 5.99.